The molecule has 1 saturated heterocycles. The van der Waals surface area contributed by atoms with Crippen LogP contribution in [0.15, 0.2) is 47.4 Å². The second-order valence-corrected chi connectivity index (χ2v) is 9.30. The molecule has 1 fully saturated rings. The van der Waals surface area contributed by atoms with E-state index in [2.05, 4.69) is 5.32 Å². The van der Waals surface area contributed by atoms with E-state index in [1.165, 1.54) is 41.7 Å². The number of sulfonamides is 1. The highest BCUT2D eigenvalue weighted by Gasteiger charge is 2.36. The van der Waals surface area contributed by atoms with Crippen LogP contribution >= 0.6 is 0 Å². The molecule has 1 aliphatic rings. The number of para-hydroxylation sites is 1. The van der Waals surface area contributed by atoms with Gasteiger partial charge < -0.3 is 10.1 Å². The van der Waals surface area contributed by atoms with E-state index in [0.717, 1.165) is 6.07 Å². The molecule has 0 saturated carbocycles. The highest BCUT2D eigenvalue weighted by Crippen LogP contribution is 2.35. The summed E-state index contributed by atoms with van der Waals surface area (Å²) in [4.78, 5) is 12.8. The summed E-state index contributed by atoms with van der Waals surface area (Å²) >= 11 is 0. The highest BCUT2D eigenvalue weighted by molar-refractivity contribution is 7.89. The minimum atomic E-state index is -4.61. The number of alkyl halides is 3. The van der Waals surface area contributed by atoms with E-state index in [0.29, 0.717) is 24.2 Å². The van der Waals surface area contributed by atoms with Gasteiger partial charge in [0, 0.05) is 13.1 Å². The maximum Gasteiger partial charge on any atom is 0.418 e. The summed E-state index contributed by atoms with van der Waals surface area (Å²) in [5.74, 6) is -0.843. The number of nitrogens with one attached hydrogen (secondary N) is 1. The van der Waals surface area contributed by atoms with Gasteiger partial charge in [-0.25, -0.2) is 8.42 Å². The standard InChI is InChI=1S/C21H23F3N2O4S/c1-14-12-16(9-10-19(14)30-2)31(28,29)26-11-5-6-15(13-26)20(27)25-18-8-4-3-7-17(18)21(22,23)24/h3-4,7-10,12,15H,5-6,11,13H2,1-2H3,(H,25,27)/t15-/m1/s1. The van der Waals surface area contributed by atoms with Gasteiger partial charge in [0.25, 0.3) is 0 Å². The molecule has 0 radical (unpaired) electrons. The number of methoxy groups -OCH3 is 1. The predicted molar refractivity (Wildman–Crippen MR) is 109 cm³/mol. The summed E-state index contributed by atoms with van der Waals surface area (Å²) in [5.41, 5.74) is -0.637. The molecule has 3 rings (SSSR count). The molecule has 1 aliphatic heterocycles. The van der Waals surface area contributed by atoms with Crippen LogP contribution in [0.1, 0.15) is 24.0 Å². The largest absolute Gasteiger partial charge is 0.496 e. The first-order valence-corrected chi connectivity index (χ1v) is 11.1. The van der Waals surface area contributed by atoms with E-state index in [9.17, 15) is 26.4 Å². The zero-order valence-electron chi connectivity index (χ0n) is 17.1. The fraction of sp³-hybridized carbons (Fsp3) is 0.381. The lowest BCUT2D eigenvalue weighted by Gasteiger charge is -2.31. The molecule has 0 aliphatic carbocycles. The molecule has 31 heavy (non-hydrogen) atoms. The van der Waals surface area contributed by atoms with E-state index >= 15 is 0 Å². The Morgan fingerprint density at radius 3 is 2.55 bits per heavy atom. The fourth-order valence-corrected chi connectivity index (χ4v) is 5.22. The van der Waals surface area contributed by atoms with Gasteiger partial charge in [-0.3, -0.25) is 4.79 Å². The van der Waals surface area contributed by atoms with Crippen LogP contribution in [-0.4, -0.2) is 38.8 Å². The molecule has 1 amide bonds. The second kappa shape index (κ2) is 8.88. The van der Waals surface area contributed by atoms with Gasteiger partial charge in [-0.15, -0.1) is 0 Å². The number of hydrogen-bond acceptors (Lipinski definition) is 4. The Labute approximate surface area is 179 Å². The number of nitrogens with zero attached hydrogens (tertiary/aromatic N) is 1. The van der Waals surface area contributed by atoms with Gasteiger partial charge in [-0.1, -0.05) is 12.1 Å². The zero-order chi connectivity index (χ0) is 22.8. The number of carbonyl (C=O) groups excluding carboxylic acids is 1. The number of rotatable bonds is 5. The molecular weight excluding hydrogens is 433 g/mol. The minimum Gasteiger partial charge on any atom is -0.496 e. The van der Waals surface area contributed by atoms with Crippen LogP contribution in [0.2, 0.25) is 0 Å². The molecule has 2 aromatic carbocycles. The summed E-state index contributed by atoms with van der Waals surface area (Å²) in [7, 11) is -2.38. The molecule has 6 nitrogen and oxygen atoms in total. The molecule has 10 heteroatoms. The Balaban J connectivity index is 1.78. The van der Waals surface area contributed by atoms with E-state index in [4.69, 9.17) is 4.74 Å². The van der Waals surface area contributed by atoms with Gasteiger partial charge in [-0.2, -0.15) is 17.5 Å². The van der Waals surface area contributed by atoms with Crippen LogP contribution in [0.4, 0.5) is 18.9 Å². The number of halogens is 3. The van der Waals surface area contributed by atoms with E-state index in [1.54, 1.807) is 13.0 Å². The van der Waals surface area contributed by atoms with Crippen LogP contribution in [0.25, 0.3) is 0 Å². The molecular formula is C21H23F3N2O4S. The summed E-state index contributed by atoms with van der Waals surface area (Å²) in [6.45, 7) is 1.85. The number of piperidine rings is 1. The third-order valence-electron chi connectivity index (χ3n) is 5.25. The number of aryl methyl sites for hydroxylation is 1. The van der Waals surface area contributed by atoms with Gasteiger partial charge in [0.1, 0.15) is 5.75 Å². The van der Waals surface area contributed by atoms with E-state index in [1.807, 2.05) is 0 Å². The number of ether oxygens (including phenoxy) is 1. The van der Waals surface area contributed by atoms with Crippen LogP contribution in [0, 0.1) is 12.8 Å². The van der Waals surface area contributed by atoms with Crippen LogP contribution in [0.5, 0.6) is 5.75 Å². The zero-order valence-corrected chi connectivity index (χ0v) is 17.9. The summed E-state index contributed by atoms with van der Waals surface area (Å²) < 4.78 is 72.0. The summed E-state index contributed by atoms with van der Waals surface area (Å²) in [6, 6.07) is 9.20. The molecule has 0 aromatic heterocycles. The van der Waals surface area contributed by atoms with Gasteiger partial charge in [0.2, 0.25) is 15.9 Å². The second-order valence-electron chi connectivity index (χ2n) is 7.37. The van der Waals surface area contributed by atoms with E-state index in [-0.39, 0.29) is 23.7 Å². The van der Waals surface area contributed by atoms with Gasteiger partial charge in [-0.05, 0) is 55.7 Å². The van der Waals surface area contributed by atoms with Crippen molar-refractivity contribution in [2.24, 2.45) is 5.92 Å². The first kappa shape index (κ1) is 23.1. The van der Waals surface area contributed by atoms with Crippen molar-refractivity contribution < 1.29 is 31.1 Å². The SMILES string of the molecule is COc1ccc(S(=O)(=O)N2CCC[C@@H](C(=O)Nc3ccccc3C(F)(F)F)C2)cc1C. The van der Waals surface area contributed by atoms with Gasteiger partial charge in [0.15, 0.2) is 0 Å². The Hall–Kier alpha value is -2.59. The minimum absolute atomic E-state index is 0.0780. The average Bonchev–Trinajstić information content (AvgIpc) is 2.73. The lowest BCUT2D eigenvalue weighted by atomic mass is 9.98. The first-order valence-electron chi connectivity index (χ1n) is 9.66. The van der Waals surface area contributed by atoms with Crippen molar-refractivity contribution in [2.75, 3.05) is 25.5 Å². The number of anilines is 1. The van der Waals surface area contributed by atoms with Crippen molar-refractivity contribution in [3.8, 4) is 5.75 Å². The van der Waals surface area contributed by atoms with Gasteiger partial charge >= 0.3 is 6.18 Å². The smallest absolute Gasteiger partial charge is 0.418 e. The highest BCUT2D eigenvalue weighted by atomic mass is 32.2. The third-order valence-corrected chi connectivity index (χ3v) is 7.11. The van der Waals surface area contributed by atoms with Crippen molar-refractivity contribution in [3.63, 3.8) is 0 Å². The fourth-order valence-electron chi connectivity index (χ4n) is 3.61. The Kier molecular flexibility index (Phi) is 6.61. The molecule has 2 aromatic rings. The topological polar surface area (TPSA) is 75.7 Å². The molecule has 0 bridgehead atoms. The van der Waals surface area contributed by atoms with Crippen molar-refractivity contribution in [2.45, 2.75) is 30.8 Å². The molecule has 0 unspecified atom stereocenters. The van der Waals surface area contributed by atoms with Crippen molar-refractivity contribution in [3.05, 3.63) is 53.6 Å². The van der Waals surface area contributed by atoms with Crippen molar-refractivity contribution in [1.82, 2.24) is 4.31 Å². The molecule has 1 N–H and O–H groups in total. The Bertz CT molecular complexity index is 1070. The lowest BCUT2D eigenvalue weighted by molar-refractivity contribution is -0.137. The van der Waals surface area contributed by atoms with Gasteiger partial charge in [0.05, 0.1) is 29.2 Å². The monoisotopic (exact) mass is 456 g/mol. The van der Waals surface area contributed by atoms with E-state index < -0.39 is 33.6 Å². The Morgan fingerprint density at radius 2 is 1.90 bits per heavy atom. The van der Waals surface area contributed by atoms with Crippen LogP contribution in [-0.2, 0) is 21.0 Å². The Morgan fingerprint density at radius 1 is 1.19 bits per heavy atom. The molecule has 1 atom stereocenters. The maximum absolute atomic E-state index is 13.2. The van der Waals surface area contributed by atoms with Crippen molar-refractivity contribution in [1.29, 1.82) is 0 Å². The predicted octanol–water partition coefficient (Wildman–Crippen LogP) is 4.06. The number of amides is 1. The third kappa shape index (κ3) is 5.01. The number of benzene rings is 2. The maximum atomic E-state index is 13.2. The molecule has 1 heterocycles. The number of carbonyl (C=O) groups is 1. The van der Waals surface area contributed by atoms with Crippen LogP contribution < -0.4 is 10.1 Å². The average molecular weight is 456 g/mol. The quantitative estimate of drug-likeness (QED) is 0.736. The lowest BCUT2D eigenvalue weighted by Crippen LogP contribution is -2.43. The first-order chi connectivity index (χ1) is 14.5. The summed E-state index contributed by atoms with van der Waals surface area (Å²) in [5, 5.41) is 2.33. The molecule has 0 spiro atoms. The molecule has 168 valence electrons. The normalized spacial score (nSPS) is 17.9. The number of hydrogen-bond donors (Lipinski definition) is 1. The summed E-state index contributed by atoms with van der Waals surface area (Å²) in [6.07, 6.45) is -3.81. The van der Waals surface area contributed by atoms with Crippen molar-refractivity contribution >= 4 is 21.6 Å². The van der Waals surface area contributed by atoms with Crippen LogP contribution in [0.3, 0.4) is 0 Å².